The number of carbonyl (C=O) groups is 1. The van der Waals surface area contributed by atoms with E-state index in [2.05, 4.69) is 46.5 Å². The second-order valence-corrected chi connectivity index (χ2v) is 8.30. The van der Waals surface area contributed by atoms with Crippen LogP contribution in [0.3, 0.4) is 0 Å². The summed E-state index contributed by atoms with van der Waals surface area (Å²) in [5.41, 5.74) is 7.50. The molecule has 1 amide bonds. The Balaban J connectivity index is 1.49. The highest BCUT2D eigenvalue weighted by molar-refractivity contribution is 6.00. The van der Waals surface area contributed by atoms with E-state index >= 15 is 0 Å². The molecule has 6 nitrogen and oxygen atoms in total. The second-order valence-electron chi connectivity index (χ2n) is 8.30. The first-order chi connectivity index (χ1) is 13.5. The number of H-pyrrole nitrogens is 2. The summed E-state index contributed by atoms with van der Waals surface area (Å²) in [5.74, 6) is 0.299. The van der Waals surface area contributed by atoms with E-state index in [0.717, 1.165) is 53.4 Å². The van der Waals surface area contributed by atoms with Gasteiger partial charge in [0.25, 0.3) is 5.91 Å². The predicted molar refractivity (Wildman–Crippen MR) is 112 cm³/mol. The van der Waals surface area contributed by atoms with Gasteiger partial charge in [0.2, 0.25) is 0 Å². The Morgan fingerprint density at radius 1 is 1.39 bits per heavy atom. The van der Waals surface area contributed by atoms with E-state index in [-0.39, 0.29) is 11.3 Å². The third-order valence-electron chi connectivity index (χ3n) is 6.37. The van der Waals surface area contributed by atoms with Crippen molar-refractivity contribution in [3.8, 4) is 0 Å². The van der Waals surface area contributed by atoms with Gasteiger partial charge < -0.3 is 4.98 Å². The van der Waals surface area contributed by atoms with Crippen LogP contribution in [0.25, 0.3) is 10.9 Å². The predicted octanol–water partition coefficient (Wildman–Crippen LogP) is 4.20. The Bertz CT molecular complexity index is 1030. The number of rotatable bonds is 5. The first kappa shape index (κ1) is 18.5. The summed E-state index contributed by atoms with van der Waals surface area (Å²) < 4.78 is 0. The van der Waals surface area contributed by atoms with Crippen molar-refractivity contribution >= 4 is 23.0 Å². The second kappa shape index (κ2) is 7.26. The number of hydrogen-bond acceptors (Lipinski definition) is 3. The maximum Gasteiger partial charge on any atom is 0.292 e. The molecule has 6 heteroatoms. The van der Waals surface area contributed by atoms with Crippen LogP contribution in [0.5, 0.6) is 0 Å². The molecule has 2 heterocycles. The number of para-hydroxylation sites is 1. The Morgan fingerprint density at radius 2 is 2.21 bits per heavy atom. The highest BCUT2D eigenvalue weighted by Crippen LogP contribution is 2.40. The molecule has 0 radical (unpaired) electrons. The number of carbonyl (C=O) groups excluding carboxylic acids is 1. The first-order valence-corrected chi connectivity index (χ1v) is 9.95. The molecule has 0 bridgehead atoms. The molecule has 146 valence electrons. The van der Waals surface area contributed by atoms with Gasteiger partial charge in [-0.1, -0.05) is 45.4 Å². The van der Waals surface area contributed by atoms with Crippen LogP contribution in [0.4, 0.5) is 0 Å². The van der Waals surface area contributed by atoms with Gasteiger partial charge in [0.1, 0.15) is 0 Å². The van der Waals surface area contributed by atoms with E-state index in [1.54, 1.807) is 6.21 Å². The molecule has 0 aliphatic heterocycles. The van der Waals surface area contributed by atoms with Gasteiger partial charge in [-0.25, -0.2) is 5.43 Å². The number of aromatic nitrogens is 3. The van der Waals surface area contributed by atoms with Gasteiger partial charge in [0.05, 0.1) is 6.21 Å². The Hall–Kier alpha value is -2.89. The third kappa shape index (κ3) is 3.35. The number of nitrogens with one attached hydrogen (secondary N) is 3. The summed E-state index contributed by atoms with van der Waals surface area (Å²) in [7, 11) is 0. The van der Waals surface area contributed by atoms with Gasteiger partial charge in [-0.2, -0.15) is 10.2 Å². The quantitative estimate of drug-likeness (QED) is 0.460. The van der Waals surface area contributed by atoms with Gasteiger partial charge >= 0.3 is 0 Å². The summed E-state index contributed by atoms with van der Waals surface area (Å²) in [5, 5.41) is 12.6. The van der Waals surface area contributed by atoms with Gasteiger partial charge in [-0.15, -0.1) is 0 Å². The minimum atomic E-state index is -0.261. The average molecular weight is 377 g/mol. The molecule has 4 rings (SSSR count). The molecule has 0 fully saturated rings. The van der Waals surface area contributed by atoms with Crippen LogP contribution in [0.1, 0.15) is 60.9 Å². The van der Waals surface area contributed by atoms with Crippen LogP contribution >= 0.6 is 0 Å². The van der Waals surface area contributed by atoms with Crippen molar-refractivity contribution in [1.29, 1.82) is 0 Å². The van der Waals surface area contributed by atoms with Gasteiger partial charge in [-0.3, -0.25) is 9.89 Å². The molecule has 1 aliphatic rings. The van der Waals surface area contributed by atoms with E-state index in [1.807, 2.05) is 30.5 Å². The summed E-state index contributed by atoms with van der Waals surface area (Å²) in [6.45, 7) is 6.86. The molecule has 1 aromatic carbocycles. The molecule has 3 N–H and O–H groups in total. The smallest absolute Gasteiger partial charge is 0.292 e. The molecule has 3 aromatic rings. The van der Waals surface area contributed by atoms with E-state index in [0.29, 0.717) is 11.6 Å². The average Bonchev–Trinajstić information content (AvgIpc) is 3.32. The molecule has 1 atom stereocenters. The maximum absolute atomic E-state index is 12.7. The molecule has 0 saturated carbocycles. The summed E-state index contributed by atoms with van der Waals surface area (Å²) in [6.07, 6.45) is 7.65. The number of aromatic amines is 2. The van der Waals surface area contributed by atoms with Gasteiger partial charge in [-0.05, 0) is 36.7 Å². The largest absolute Gasteiger partial charge is 0.361 e. The van der Waals surface area contributed by atoms with Gasteiger partial charge in [0.15, 0.2) is 5.69 Å². The molecule has 1 aliphatic carbocycles. The van der Waals surface area contributed by atoms with Crippen molar-refractivity contribution in [2.75, 3.05) is 0 Å². The van der Waals surface area contributed by atoms with Crippen LogP contribution in [0.2, 0.25) is 0 Å². The number of fused-ring (bicyclic) bond motifs is 2. The lowest BCUT2D eigenvalue weighted by molar-refractivity contribution is 0.0947. The van der Waals surface area contributed by atoms with Crippen molar-refractivity contribution in [3.05, 3.63) is 53.0 Å². The molecular formula is C22H27N5O. The number of benzene rings is 1. The fraction of sp³-hybridized carbons (Fsp3) is 0.409. The normalized spacial score (nSPS) is 17.2. The number of nitrogens with zero attached hydrogens (tertiary/aromatic N) is 2. The van der Waals surface area contributed by atoms with Crippen LogP contribution in [0, 0.1) is 11.3 Å². The van der Waals surface area contributed by atoms with E-state index in [1.165, 1.54) is 0 Å². The lowest BCUT2D eigenvalue weighted by atomic mass is 9.69. The lowest BCUT2D eigenvalue weighted by Gasteiger charge is -2.36. The molecule has 2 aromatic heterocycles. The molecule has 0 saturated heterocycles. The van der Waals surface area contributed by atoms with E-state index in [9.17, 15) is 4.79 Å². The number of amides is 1. The summed E-state index contributed by atoms with van der Waals surface area (Å²) >= 11 is 0. The zero-order valence-electron chi connectivity index (χ0n) is 16.7. The maximum atomic E-state index is 12.7. The fourth-order valence-electron chi connectivity index (χ4n) is 4.05. The summed E-state index contributed by atoms with van der Waals surface area (Å²) in [4.78, 5) is 15.9. The highest BCUT2D eigenvalue weighted by atomic mass is 16.2. The Kier molecular flexibility index (Phi) is 4.79. The van der Waals surface area contributed by atoms with E-state index < -0.39 is 0 Å². The number of hydrazone groups is 1. The highest BCUT2D eigenvalue weighted by Gasteiger charge is 2.34. The summed E-state index contributed by atoms with van der Waals surface area (Å²) in [6, 6.07) is 8.00. The van der Waals surface area contributed by atoms with Crippen molar-refractivity contribution < 1.29 is 4.79 Å². The lowest BCUT2D eigenvalue weighted by Crippen LogP contribution is -2.30. The third-order valence-corrected chi connectivity index (χ3v) is 6.37. The Morgan fingerprint density at radius 3 is 3.04 bits per heavy atom. The van der Waals surface area contributed by atoms with Crippen molar-refractivity contribution in [1.82, 2.24) is 20.6 Å². The molecule has 0 unspecified atom stereocenters. The standard InChI is InChI=1S/C22H27N5O/c1-4-22(2,3)15-9-10-19-17(11-15)20(26-25-19)21(28)27-24-13-14-12-23-18-8-6-5-7-16(14)18/h5-8,12-13,15,23H,4,9-11H2,1-3H3,(H,25,26)(H,27,28)/b24-13-/t15-/m1/s1. The Labute approximate surface area is 164 Å². The number of hydrogen-bond donors (Lipinski definition) is 3. The van der Waals surface area contributed by atoms with Crippen LogP contribution in [-0.2, 0) is 12.8 Å². The zero-order valence-corrected chi connectivity index (χ0v) is 16.7. The SMILES string of the molecule is CCC(C)(C)[C@@H]1CCc2[nH]nc(C(=O)N/N=C\c3c[nH]c4ccccc34)c2C1. The molecule has 0 spiro atoms. The van der Waals surface area contributed by atoms with Crippen molar-refractivity contribution in [3.63, 3.8) is 0 Å². The van der Waals surface area contributed by atoms with Crippen molar-refractivity contribution in [2.45, 2.75) is 46.5 Å². The van der Waals surface area contributed by atoms with Crippen LogP contribution in [0.15, 0.2) is 35.6 Å². The van der Waals surface area contributed by atoms with Gasteiger partial charge in [0, 0.05) is 33.9 Å². The molecular weight excluding hydrogens is 350 g/mol. The fourth-order valence-corrected chi connectivity index (χ4v) is 4.05. The van der Waals surface area contributed by atoms with Crippen LogP contribution in [-0.4, -0.2) is 27.3 Å². The number of aryl methyl sites for hydroxylation is 1. The minimum Gasteiger partial charge on any atom is -0.361 e. The zero-order chi connectivity index (χ0) is 19.7. The topological polar surface area (TPSA) is 85.9 Å². The van der Waals surface area contributed by atoms with Crippen molar-refractivity contribution in [2.24, 2.45) is 16.4 Å². The van der Waals surface area contributed by atoms with E-state index in [4.69, 9.17) is 0 Å². The molecule has 28 heavy (non-hydrogen) atoms. The first-order valence-electron chi connectivity index (χ1n) is 9.95. The minimum absolute atomic E-state index is 0.260. The monoisotopic (exact) mass is 377 g/mol. The van der Waals surface area contributed by atoms with Crippen LogP contribution < -0.4 is 5.43 Å².